The highest BCUT2D eigenvalue weighted by Crippen LogP contribution is 1.85. The van der Waals surface area contributed by atoms with Crippen LogP contribution in [0.5, 0.6) is 0 Å². The van der Waals surface area contributed by atoms with Crippen LogP contribution in [0.4, 0.5) is 0 Å². The van der Waals surface area contributed by atoms with Crippen molar-refractivity contribution < 1.29 is 23.7 Å². The summed E-state index contributed by atoms with van der Waals surface area (Å²) in [6.45, 7) is 7.85. The molecule has 0 aromatic rings. The van der Waals surface area contributed by atoms with Crippen LogP contribution >= 0.6 is 0 Å². The Hall–Kier alpha value is -1.07. The predicted molar refractivity (Wildman–Crippen MR) is 59.0 cm³/mol. The molecule has 0 N–H and O–H groups in total. The molecule has 0 heterocycles. The molecular formula is C11H20O5. The van der Waals surface area contributed by atoms with Gasteiger partial charge in [-0.2, -0.15) is 0 Å². The zero-order valence-corrected chi connectivity index (χ0v) is 9.78. The van der Waals surface area contributed by atoms with Gasteiger partial charge in [-0.1, -0.05) is 13.5 Å². The van der Waals surface area contributed by atoms with Gasteiger partial charge in [0.05, 0.1) is 32.7 Å². The lowest BCUT2D eigenvalue weighted by Crippen LogP contribution is -2.13. The molecule has 5 heteroatoms. The van der Waals surface area contributed by atoms with E-state index in [-0.39, 0.29) is 5.97 Å². The van der Waals surface area contributed by atoms with Crippen molar-refractivity contribution in [3.63, 3.8) is 0 Å². The highest BCUT2D eigenvalue weighted by atomic mass is 16.6. The van der Waals surface area contributed by atoms with E-state index >= 15 is 0 Å². The Labute approximate surface area is 96.3 Å². The smallest absolute Gasteiger partial charge is 0.305 e. The van der Waals surface area contributed by atoms with Gasteiger partial charge in [-0.05, 0) is 0 Å². The molecule has 0 saturated carbocycles. The number of rotatable bonds is 11. The minimum absolute atomic E-state index is 0.207. The maximum Gasteiger partial charge on any atom is 0.305 e. The molecule has 5 nitrogen and oxygen atoms in total. The van der Waals surface area contributed by atoms with Crippen LogP contribution < -0.4 is 0 Å². The third-order valence-corrected chi connectivity index (χ3v) is 1.61. The number of carbonyl (C=O) groups is 1. The Morgan fingerprint density at radius 3 is 2.19 bits per heavy atom. The summed E-state index contributed by atoms with van der Waals surface area (Å²) >= 11 is 0. The molecular weight excluding hydrogens is 212 g/mol. The van der Waals surface area contributed by atoms with Crippen molar-refractivity contribution in [3.05, 3.63) is 12.8 Å². The minimum atomic E-state index is -0.207. The Bertz CT molecular complexity index is 181. The van der Waals surface area contributed by atoms with Gasteiger partial charge in [-0.15, -0.1) is 0 Å². The molecule has 0 aliphatic rings. The molecule has 94 valence electrons. The highest BCUT2D eigenvalue weighted by molar-refractivity contribution is 5.68. The summed E-state index contributed by atoms with van der Waals surface area (Å²) in [6.07, 6.45) is 1.77. The van der Waals surface area contributed by atoms with Gasteiger partial charge in [-0.3, -0.25) is 4.79 Å². The lowest BCUT2D eigenvalue weighted by molar-refractivity contribution is -0.144. The summed E-state index contributed by atoms with van der Waals surface area (Å²) in [4.78, 5) is 10.7. The number of esters is 1. The predicted octanol–water partition coefficient (Wildman–Crippen LogP) is 1.13. The van der Waals surface area contributed by atoms with E-state index < -0.39 is 0 Å². The maximum atomic E-state index is 10.7. The van der Waals surface area contributed by atoms with E-state index in [1.807, 2.05) is 0 Å². The highest BCUT2D eigenvalue weighted by Gasteiger charge is 1.97. The Morgan fingerprint density at radius 2 is 1.62 bits per heavy atom. The van der Waals surface area contributed by atoms with Crippen molar-refractivity contribution in [1.82, 2.24) is 0 Å². The summed E-state index contributed by atoms with van der Waals surface area (Å²) in [6, 6.07) is 0. The van der Waals surface area contributed by atoms with Crippen LogP contribution in [-0.2, 0) is 23.7 Å². The fourth-order valence-corrected chi connectivity index (χ4v) is 0.829. The summed E-state index contributed by atoms with van der Waals surface area (Å²) in [5, 5.41) is 0. The number of ether oxygens (including phenoxy) is 4. The standard InChI is InChI=1S/C11H20O5/c1-3-11(12)16-10-9-15-8-7-14-6-5-13-4-2/h4H,2-3,5-10H2,1H3. The number of carbonyl (C=O) groups excluding carboxylic acids is 1. The molecule has 0 bridgehead atoms. The summed E-state index contributed by atoms with van der Waals surface area (Å²) in [5.41, 5.74) is 0. The minimum Gasteiger partial charge on any atom is -0.499 e. The molecule has 0 saturated heterocycles. The van der Waals surface area contributed by atoms with Crippen LogP contribution in [-0.4, -0.2) is 45.6 Å². The molecule has 0 fully saturated rings. The van der Waals surface area contributed by atoms with E-state index in [0.29, 0.717) is 46.1 Å². The van der Waals surface area contributed by atoms with E-state index in [2.05, 4.69) is 6.58 Å². The van der Waals surface area contributed by atoms with Crippen LogP contribution in [0.15, 0.2) is 12.8 Å². The van der Waals surface area contributed by atoms with Gasteiger partial charge >= 0.3 is 5.97 Å². The average Bonchev–Trinajstić information content (AvgIpc) is 2.31. The van der Waals surface area contributed by atoms with Gasteiger partial charge in [0, 0.05) is 6.42 Å². The number of hydrogen-bond acceptors (Lipinski definition) is 5. The van der Waals surface area contributed by atoms with Crippen molar-refractivity contribution >= 4 is 5.97 Å². The quantitative estimate of drug-likeness (QED) is 0.304. The van der Waals surface area contributed by atoms with Crippen molar-refractivity contribution in [2.45, 2.75) is 13.3 Å². The van der Waals surface area contributed by atoms with Crippen LogP contribution in [0.3, 0.4) is 0 Å². The summed E-state index contributed by atoms with van der Waals surface area (Å²) in [5.74, 6) is -0.207. The van der Waals surface area contributed by atoms with Gasteiger partial charge in [-0.25, -0.2) is 0 Å². The second kappa shape index (κ2) is 12.0. The Kier molecular flexibility index (Phi) is 11.2. The van der Waals surface area contributed by atoms with Crippen molar-refractivity contribution in [3.8, 4) is 0 Å². The van der Waals surface area contributed by atoms with E-state index in [9.17, 15) is 4.79 Å². The fourth-order valence-electron chi connectivity index (χ4n) is 0.829. The molecule has 0 unspecified atom stereocenters. The SMILES string of the molecule is C=COCCOCCOCCOC(=O)CC. The largest absolute Gasteiger partial charge is 0.499 e. The molecule has 0 spiro atoms. The van der Waals surface area contributed by atoms with Gasteiger partial charge < -0.3 is 18.9 Å². The van der Waals surface area contributed by atoms with Crippen LogP contribution in [0, 0.1) is 0 Å². The molecule has 0 aromatic carbocycles. The lowest BCUT2D eigenvalue weighted by Gasteiger charge is -2.06. The summed E-state index contributed by atoms with van der Waals surface area (Å²) in [7, 11) is 0. The van der Waals surface area contributed by atoms with Gasteiger partial charge in [0.2, 0.25) is 0 Å². The first-order valence-corrected chi connectivity index (χ1v) is 5.34. The molecule has 0 aliphatic heterocycles. The third-order valence-electron chi connectivity index (χ3n) is 1.61. The molecule has 16 heavy (non-hydrogen) atoms. The Morgan fingerprint density at radius 1 is 1.06 bits per heavy atom. The first-order valence-electron chi connectivity index (χ1n) is 5.34. The monoisotopic (exact) mass is 232 g/mol. The fraction of sp³-hybridized carbons (Fsp3) is 0.727. The molecule has 0 aromatic heterocycles. The lowest BCUT2D eigenvalue weighted by atomic mass is 10.5. The first kappa shape index (κ1) is 14.9. The van der Waals surface area contributed by atoms with Gasteiger partial charge in [0.15, 0.2) is 0 Å². The Balaban J connectivity index is 2.98. The molecule has 0 rings (SSSR count). The van der Waals surface area contributed by atoms with Gasteiger partial charge in [0.25, 0.3) is 0 Å². The molecule has 0 aliphatic carbocycles. The second-order valence-electron chi connectivity index (χ2n) is 2.84. The van der Waals surface area contributed by atoms with Crippen molar-refractivity contribution in [2.75, 3.05) is 39.6 Å². The first-order chi connectivity index (χ1) is 7.81. The zero-order chi connectivity index (χ0) is 12.1. The van der Waals surface area contributed by atoms with Crippen molar-refractivity contribution in [2.24, 2.45) is 0 Å². The maximum absolute atomic E-state index is 10.7. The van der Waals surface area contributed by atoms with Crippen molar-refractivity contribution in [1.29, 1.82) is 0 Å². The van der Waals surface area contributed by atoms with Crippen LogP contribution in [0.2, 0.25) is 0 Å². The normalized spacial score (nSPS) is 9.81. The second-order valence-corrected chi connectivity index (χ2v) is 2.84. The molecule has 0 radical (unpaired) electrons. The topological polar surface area (TPSA) is 54.0 Å². The summed E-state index contributed by atoms with van der Waals surface area (Å²) < 4.78 is 20.0. The molecule has 0 atom stereocenters. The third kappa shape index (κ3) is 11.0. The molecule has 0 amide bonds. The van der Waals surface area contributed by atoms with E-state index in [4.69, 9.17) is 18.9 Å². The average molecular weight is 232 g/mol. The van der Waals surface area contributed by atoms with Gasteiger partial charge in [0.1, 0.15) is 13.2 Å². The number of hydrogen-bond donors (Lipinski definition) is 0. The van der Waals surface area contributed by atoms with E-state index in [1.54, 1.807) is 6.92 Å². The van der Waals surface area contributed by atoms with Crippen LogP contribution in [0.1, 0.15) is 13.3 Å². The van der Waals surface area contributed by atoms with E-state index in [1.165, 1.54) is 6.26 Å². The van der Waals surface area contributed by atoms with E-state index in [0.717, 1.165) is 0 Å². The zero-order valence-electron chi connectivity index (χ0n) is 9.78. The van der Waals surface area contributed by atoms with Crippen LogP contribution in [0.25, 0.3) is 0 Å².